The van der Waals surface area contributed by atoms with Gasteiger partial charge in [-0.3, -0.25) is 33.5 Å². The molecule has 0 aliphatic carbocycles. The Kier molecular flexibility index (Phi) is 15.1. The van der Waals surface area contributed by atoms with Crippen LogP contribution in [0.3, 0.4) is 0 Å². The maximum atomic E-state index is 9.96. The molecule has 470 valence electrons. The van der Waals surface area contributed by atoms with Crippen LogP contribution >= 0.6 is 118 Å². The number of benzene rings is 4. The van der Waals surface area contributed by atoms with E-state index >= 15 is 0 Å². The number of unbranched alkanes of at least 4 members (excludes halogenated alkanes) is 3. The topological polar surface area (TPSA) is 93.0 Å². The molecular formula is C77H54BrFN8S9. The minimum atomic E-state index is -1.00. The summed E-state index contributed by atoms with van der Waals surface area (Å²) in [6.45, 7) is 6.67. The van der Waals surface area contributed by atoms with Gasteiger partial charge in [0, 0.05) is 97.0 Å². The number of H-pyrrole nitrogens is 2. The van der Waals surface area contributed by atoms with E-state index in [1.165, 1.54) is 166 Å². The molecule has 17 aromatic heterocycles. The van der Waals surface area contributed by atoms with Gasteiger partial charge in [-0.15, -0.1) is 102 Å². The molecule has 0 aliphatic rings. The second-order valence-corrected chi connectivity index (χ2v) is 35.3. The monoisotopic (exact) mass is 1480 g/mol. The third-order valence-electron chi connectivity index (χ3n) is 17.8. The highest BCUT2D eigenvalue weighted by Gasteiger charge is 2.23. The Hall–Kier alpha value is -8.05. The SMILES string of the molecule is CCCCCCc1cc2sc3cc(Br)sc3c2s1.Cc1cc2sc3cc(-n4c5ccccc5c5cc(-c6cc7c8ccccc8n(-c8cc9sc%10cc(C)sc%10c9s8)c7cn6)ncc54)sc3c2s1.[2H]CF.c1ccc2c(c1)[nH]c1cnc(-c3cc4c(cn3)[nH]c3ccccc34)cc12. The number of rotatable bonds is 9. The van der Waals surface area contributed by atoms with Crippen LogP contribution in [-0.2, 0) is 6.42 Å². The summed E-state index contributed by atoms with van der Waals surface area (Å²) < 4.78 is 38.6. The Balaban J connectivity index is 0.000000121. The van der Waals surface area contributed by atoms with Crippen molar-refractivity contribution in [3.63, 3.8) is 0 Å². The fraction of sp³-hybridized carbons (Fsp3) is 0.117. The predicted molar refractivity (Wildman–Crippen MR) is 427 cm³/mol. The molecule has 0 bridgehead atoms. The van der Waals surface area contributed by atoms with Crippen LogP contribution < -0.4 is 0 Å². The fourth-order valence-electron chi connectivity index (χ4n) is 13.6. The molecular weight excluding hydrogens is 1420 g/mol. The molecule has 4 aromatic carbocycles. The number of aromatic amines is 2. The van der Waals surface area contributed by atoms with Gasteiger partial charge in [-0.05, 0) is 128 Å². The number of alkyl halides is 1. The fourth-order valence-corrected chi connectivity index (χ4v) is 26.2. The molecule has 19 heteroatoms. The molecule has 96 heavy (non-hydrogen) atoms. The summed E-state index contributed by atoms with van der Waals surface area (Å²) in [7, 11) is -1.00. The zero-order valence-corrected chi connectivity index (χ0v) is 60.6. The Morgan fingerprint density at radius 3 is 1.31 bits per heavy atom. The van der Waals surface area contributed by atoms with Crippen LogP contribution in [0.5, 0.6) is 0 Å². The van der Waals surface area contributed by atoms with Crippen molar-refractivity contribution < 1.29 is 5.76 Å². The van der Waals surface area contributed by atoms with Gasteiger partial charge in [0.1, 0.15) is 10.0 Å². The van der Waals surface area contributed by atoms with E-state index in [2.05, 4.69) is 211 Å². The molecule has 0 atom stereocenters. The average Bonchev–Trinajstić information content (AvgIpc) is 1.57. The van der Waals surface area contributed by atoms with Crippen LogP contribution in [0.1, 0.15) is 48.6 Å². The largest absolute Gasteiger partial charge is 0.353 e. The highest BCUT2D eigenvalue weighted by atomic mass is 79.9. The van der Waals surface area contributed by atoms with Crippen LogP contribution in [0, 0.1) is 13.8 Å². The summed E-state index contributed by atoms with van der Waals surface area (Å²) in [4.78, 5) is 30.6. The van der Waals surface area contributed by atoms with Gasteiger partial charge in [-0.1, -0.05) is 99.0 Å². The number of pyridine rings is 4. The molecule has 17 heterocycles. The third-order valence-corrected chi connectivity index (χ3v) is 29.5. The number of fused-ring (bicyclic) bond motifs is 21. The van der Waals surface area contributed by atoms with E-state index in [4.69, 9.17) is 11.3 Å². The lowest BCUT2D eigenvalue weighted by Crippen LogP contribution is -1.93. The maximum Gasteiger partial charge on any atom is 0.102 e. The van der Waals surface area contributed by atoms with Gasteiger partial charge in [0.05, 0.1) is 121 Å². The van der Waals surface area contributed by atoms with Gasteiger partial charge in [0.15, 0.2) is 0 Å². The number of nitrogens with one attached hydrogen (secondary N) is 2. The Morgan fingerprint density at radius 2 is 0.802 bits per heavy atom. The van der Waals surface area contributed by atoms with Gasteiger partial charge in [-0.2, -0.15) is 0 Å². The normalized spacial score (nSPS) is 12.2. The molecule has 0 spiro atoms. The zero-order valence-electron chi connectivity index (χ0n) is 52.7. The summed E-state index contributed by atoms with van der Waals surface area (Å²) in [6, 6.07) is 56.8. The van der Waals surface area contributed by atoms with Crippen LogP contribution in [0.2, 0.25) is 0 Å². The van der Waals surface area contributed by atoms with E-state index in [0.717, 1.165) is 55.9 Å². The van der Waals surface area contributed by atoms with Crippen LogP contribution in [0.4, 0.5) is 4.39 Å². The van der Waals surface area contributed by atoms with E-state index in [1.807, 2.05) is 139 Å². The van der Waals surface area contributed by atoms with Crippen LogP contribution in [0.15, 0.2) is 186 Å². The second-order valence-electron chi connectivity index (χ2n) is 23.9. The van der Waals surface area contributed by atoms with Crippen molar-refractivity contribution >= 4 is 262 Å². The first-order valence-electron chi connectivity index (χ1n) is 32.2. The predicted octanol–water partition coefficient (Wildman–Crippen LogP) is 27.0. The molecule has 21 aromatic rings. The first kappa shape index (κ1) is 59.2. The number of aryl methyl sites for hydroxylation is 3. The van der Waals surface area contributed by atoms with E-state index in [1.54, 1.807) is 4.88 Å². The quantitative estimate of drug-likeness (QED) is 0.141. The maximum absolute atomic E-state index is 9.96. The lowest BCUT2D eigenvalue weighted by atomic mass is 10.1. The van der Waals surface area contributed by atoms with Crippen molar-refractivity contribution in [1.82, 2.24) is 39.0 Å². The Labute approximate surface area is 594 Å². The summed E-state index contributed by atoms with van der Waals surface area (Å²) >= 11 is 20.8. The zero-order chi connectivity index (χ0) is 65.2. The molecule has 8 nitrogen and oxygen atoms in total. The molecule has 2 N–H and O–H groups in total. The molecule has 0 unspecified atom stereocenters. The van der Waals surface area contributed by atoms with Gasteiger partial charge < -0.3 is 9.97 Å². The third kappa shape index (κ3) is 10.3. The number of nitrogens with zero attached hydrogens (tertiary/aromatic N) is 6. The molecule has 0 saturated heterocycles. The molecule has 0 amide bonds. The van der Waals surface area contributed by atoms with Gasteiger partial charge in [0.2, 0.25) is 0 Å². The standard InChI is InChI=1S/C40H22N4S6.C22H14N4.C14H15BrS3.CH3F/c1-19-11-31-37(45-19)39-33(47-31)15-35(49-39)43-27-9-5-3-7-21(27)23-13-25(41-17-29(23)43)26-14-24-22-8-4-6-10-28(22)44(30(24)18-42-26)36-16-34-40(50-36)38-32(48-34)12-20(2)46-38;1-3-7-17-13(5-1)15-9-19(23-11-21(15)25-17)20-10-16-14-6-2-4-8-18(14)26-22(16)12-24-20;1-2-3-4-5-6-9-7-10-13(16-9)14-11(17-10)8-12(15)18-14;1-2/h3-18H,1-2H3;1-12,25-26H;7-8H,2-6H2,1H3;1H3/i;;;1D. The minimum absolute atomic E-state index is 0.883. The van der Waals surface area contributed by atoms with Crippen molar-refractivity contribution in [3.05, 3.63) is 201 Å². The highest BCUT2D eigenvalue weighted by molar-refractivity contribution is 9.11. The van der Waals surface area contributed by atoms with Crippen molar-refractivity contribution in [2.75, 3.05) is 7.15 Å². The Morgan fingerprint density at radius 1 is 0.396 bits per heavy atom. The van der Waals surface area contributed by atoms with Crippen molar-refractivity contribution in [2.24, 2.45) is 0 Å². The van der Waals surface area contributed by atoms with Crippen molar-refractivity contribution in [3.8, 4) is 32.8 Å². The summed E-state index contributed by atoms with van der Waals surface area (Å²) in [5.74, 6) is 0. The number of hydrogen-bond donors (Lipinski definition) is 2. The lowest BCUT2D eigenvalue weighted by molar-refractivity contribution is 0.636. The van der Waals surface area contributed by atoms with Crippen LogP contribution in [0.25, 0.3) is 176 Å². The number of para-hydroxylation sites is 4. The second kappa shape index (κ2) is 24.5. The van der Waals surface area contributed by atoms with E-state index in [-0.39, 0.29) is 0 Å². The van der Waals surface area contributed by atoms with E-state index < -0.39 is 7.15 Å². The Bertz CT molecular complexity index is 6270. The lowest BCUT2D eigenvalue weighted by Gasteiger charge is -2.06. The molecule has 0 aliphatic heterocycles. The van der Waals surface area contributed by atoms with Gasteiger partial charge in [0.25, 0.3) is 0 Å². The number of thiophene rings is 9. The summed E-state index contributed by atoms with van der Waals surface area (Å²) in [5.41, 5.74) is 12.5. The van der Waals surface area contributed by atoms with Gasteiger partial charge in [-0.25, -0.2) is 0 Å². The molecule has 0 radical (unpaired) electrons. The minimum Gasteiger partial charge on any atom is -0.353 e. The van der Waals surface area contributed by atoms with Crippen molar-refractivity contribution in [2.45, 2.75) is 52.9 Å². The summed E-state index contributed by atoms with van der Waals surface area (Å²) in [5, 5.41) is 12.1. The highest BCUT2D eigenvalue weighted by Crippen LogP contribution is 2.50. The van der Waals surface area contributed by atoms with E-state index in [0.29, 0.717) is 0 Å². The first-order valence-corrected chi connectivity index (χ1v) is 39.6. The molecule has 21 rings (SSSR count). The summed E-state index contributed by atoms with van der Waals surface area (Å²) in [6.07, 6.45) is 14.6. The van der Waals surface area contributed by atoms with Crippen LogP contribution in [-0.4, -0.2) is 46.2 Å². The first-order chi connectivity index (χ1) is 47.6. The smallest absolute Gasteiger partial charge is 0.102 e. The average molecular weight is 1480 g/mol. The number of aromatic nitrogens is 8. The number of hydrogen-bond acceptors (Lipinski definition) is 13. The number of halogens is 2. The van der Waals surface area contributed by atoms with Gasteiger partial charge >= 0.3 is 0 Å². The van der Waals surface area contributed by atoms with E-state index in [9.17, 15) is 4.39 Å². The molecule has 0 saturated carbocycles. The molecule has 0 fully saturated rings. The van der Waals surface area contributed by atoms with Crippen molar-refractivity contribution in [1.29, 1.82) is 0 Å².